The Morgan fingerprint density at radius 3 is 1.14 bits per heavy atom. The van der Waals surface area contributed by atoms with E-state index in [9.17, 15) is 10.5 Å². The zero-order valence-corrected chi connectivity index (χ0v) is 36.0. The van der Waals surface area contributed by atoms with Crippen molar-refractivity contribution in [3.05, 3.63) is 192 Å². The second-order valence-corrected chi connectivity index (χ2v) is 17.1. The largest absolute Gasteiger partial charge is 0.456 e. The summed E-state index contributed by atoms with van der Waals surface area (Å²) in [6.45, 7) is 0. The van der Waals surface area contributed by atoms with Crippen molar-refractivity contribution in [3.63, 3.8) is 0 Å². The topological polar surface area (TPSA) is 83.7 Å². The van der Waals surface area contributed by atoms with E-state index in [1.165, 1.54) is 57.7 Å². The number of nitriles is 2. The number of nitrogens with zero attached hydrogens (tertiary/aromatic N) is 4. The van der Waals surface area contributed by atoms with Crippen LogP contribution in [-0.2, 0) is 12.4 Å². The molecule has 0 aliphatic carbocycles. The monoisotopic (exact) mass is 926 g/mol. The lowest BCUT2D eigenvalue weighted by Gasteiger charge is -2.31. The van der Waals surface area contributed by atoms with E-state index in [2.05, 4.69) is 0 Å². The summed E-state index contributed by atoms with van der Waals surface area (Å²) in [6.07, 6.45) is -10.9. The molecule has 0 N–H and O–H groups in total. The molecule has 0 saturated carbocycles. The number of furan rings is 2. The van der Waals surface area contributed by atoms with Gasteiger partial charge < -0.3 is 18.0 Å². The van der Waals surface area contributed by atoms with E-state index in [1.807, 2.05) is 24.3 Å². The molecular formula is C58H28F6N4O2. The summed E-state index contributed by atoms with van der Waals surface area (Å²) in [4.78, 5) is 0. The number of fused-ring (bicyclic) bond motifs is 14. The lowest BCUT2D eigenvalue weighted by atomic mass is 9.82. The molecule has 0 amide bonds. The standard InChI is InChI=1S/C58H28F6N4O2/c59-57(60,61)53-51(33-15-3-1-13-31(33)29-65)55(67-39-21-9-5-17-35(39)47-41(67)25-27-45-49(47)37-19-7-11-23-43(37)69-45)54(58(62,63)64)56(52(53)34-16-4-2-14-32(34)30-66)68-40-22-10-6-18-36(40)48-42(68)26-28-46-50(48)38-20-8-12-24-44(38)70-46/h1-28H. The van der Waals surface area contributed by atoms with E-state index in [0.717, 1.165) is 0 Å². The highest BCUT2D eigenvalue weighted by molar-refractivity contribution is 6.29. The molecule has 70 heavy (non-hydrogen) atoms. The summed E-state index contributed by atoms with van der Waals surface area (Å²) in [5.41, 5.74) is -5.34. The Hall–Kier alpha value is -9.26. The van der Waals surface area contributed by atoms with E-state index >= 15 is 26.3 Å². The smallest absolute Gasteiger partial charge is 0.420 e. The van der Waals surface area contributed by atoms with Crippen molar-refractivity contribution in [2.75, 3.05) is 0 Å². The fourth-order valence-corrected chi connectivity index (χ4v) is 10.9. The van der Waals surface area contributed by atoms with Crippen LogP contribution in [0.5, 0.6) is 0 Å². The molecule has 13 rings (SSSR count). The first-order chi connectivity index (χ1) is 34.0. The van der Waals surface area contributed by atoms with E-state index in [0.29, 0.717) is 65.4 Å². The summed E-state index contributed by atoms with van der Waals surface area (Å²) < 4.78 is 120. The average molecular weight is 927 g/mol. The van der Waals surface area contributed by atoms with Gasteiger partial charge in [0.15, 0.2) is 0 Å². The van der Waals surface area contributed by atoms with Gasteiger partial charge in [0.25, 0.3) is 0 Å². The van der Waals surface area contributed by atoms with Crippen LogP contribution in [0.1, 0.15) is 22.3 Å². The Labute approximate surface area is 391 Å². The van der Waals surface area contributed by atoms with Crippen LogP contribution in [0.2, 0.25) is 0 Å². The van der Waals surface area contributed by atoms with Crippen molar-refractivity contribution in [3.8, 4) is 45.8 Å². The summed E-state index contributed by atoms with van der Waals surface area (Å²) in [5, 5.41) is 25.6. The number of halogens is 6. The van der Waals surface area contributed by atoms with Crippen molar-refractivity contribution in [1.82, 2.24) is 9.13 Å². The Kier molecular flexibility index (Phi) is 8.56. The van der Waals surface area contributed by atoms with E-state index in [4.69, 9.17) is 8.83 Å². The SMILES string of the molecule is N#Cc1ccccc1-c1c(-n2c3ccccc3c3c4c(ccc32)oc2ccccc24)c(C(F)(F)F)c(-n2c3ccccc3c3c4c(ccc32)oc2ccccc24)c(-c2ccccc2C#N)c1C(F)(F)F. The summed E-state index contributed by atoms with van der Waals surface area (Å²) in [5.74, 6) is 0. The lowest BCUT2D eigenvalue weighted by molar-refractivity contribution is -0.140. The second-order valence-electron chi connectivity index (χ2n) is 17.1. The molecule has 0 radical (unpaired) electrons. The van der Waals surface area contributed by atoms with Crippen molar-refractivity contribution >= 4 is 87.5 Å². The molecule has 334 valence electrons. The quantitative estimate of drug-likeness (QED) is 0.165. The van der Waals surface area contributed by atoms with Crippen LogP contribution < -0.4 is 0 Å². The van der Waals surface area contributed by atoms with Crippen LogP contribution in [-0.4, -0.2) is 9.13 Å². The number of hydrogen-bond acceptors (Lipinski definition) is 4. The Morgan fingerprint density at radius 2 is 0.729 bits per heavy atom. The molecule has 0 fully saturated rings. The van der Waals surface area contributed by atoms with Gasteiger partial charge in [-0.15, -0.1) is 0 Å². The van der Waals surface area contributed by atoms with Crippen LogP contribution in [0.4, 0.5) is 26.3 Å². The molecule has 0 spiro atoms. The Bertz CT molecular complexity index is 4220. The van der Waals surface area contributed by atoms with Gasteiger partial charge in [0.2, 0.25) is 0 Å². The van der Waals surface area contributed by atoms with Crippen molar-refractivity contribution in [2.24, 2.45) is 0 Å². The number of aromatic nitrogens is 2. The maximum Gasteiger partial charge on any atom is 0.420 e. The van der Waals surface area contributed by atoms with Crippen LogP contribution in [0.15, 0.2) is 179 Å². The van der Waals surface area contributed by atoms with Crippen LogP contribution in [0.25, 0.3) is 121 Å². The minimum absolute atomic E-state index is 0.152. The molecule has 0 unspecified atom stereocenters. The molecular weight excluding hydrogens is 899 g/mol. The Balaban J connectivity index is 1.38. The Morgan fingerprint density at radius 1 is 0.357 bits per heavy atom. The predicted octanol–water partition coefficient (Wildman–Crippen LogP) is 16.8. The fraction of sp³-hybridized carbons (Fsp3) is 0.0345. The number of para-hydroxylation sites is 4. The van der Waals surface area contributed by atoms with Gasteiger partial charge in [0, 0.05) is 65.3 Å². The molecule has 0 bridgehead atoms. The minimum Gasteiger partial charge on any atom is -0.456 e. The highest BCUT2D eigenvalue weighted by atomic mass is 19.4. The number of alkyl halides is 6. The zero-order chi connectivity index (χ0) is 47.8. The third kappa shape index (κ3) is 5.62. The highest BCUT2D eigenvalue weighted by Gasteiger charge is 2.49. The van der Waals surface area contributed by atoms with Crippen LogP contribution in [0, 0.1) is 22.7 Å². The first-order valence-corrected chi connectivity index (χ1v) is 22.0. The first-order valence-electron chi connectivity index (χ1n) is 22.0. The van der Waals surface area contributed by atoms with Gasteiger partial charge in [-0.1, -0.05) is 109 Å². The van der Waals surface area contributed by atoms with Crippen LogP contribution >= 0.6 is 0 Å². The molecule has 0 atom stereocenters. The highest BCUT2D eigenvalue weighted by Crippen LogP contribution is 2.58. The first kappa shape index (κ1) is 41.0. The molecule has 13 aromatic rings. The molecule has 0 aliphatic heterocycles. The summed E-state index contributed by atoms with van der Waals surface area (Å²) >= 11 is 0. The molecule has 4 aromatic heterocycles. The van der Waals surface area contributed by atoms with Gasteiger partial charge in [0.05, 0.1) is 62.3 Å². The van der Waals surface area contributed by atoms with E-state index < -0.39 is 57.1 Å². The lowest BCUT2D eigenvalue weighted by Crippen LogP contribution is -2.23. The predicted molar refractivity (Wildman–Crippen MR) is 260 cm³/mol. The van der Waals surface area contributed by atoms with E-state index in [1.54, 1.807) is 109 Å². The van der Waals surface area contributed by atoms with Gasteiger partial charge >= 0.3 is 12.4 Å². The molecule has 12 heteroatoms. The van der Waals surface area contributed by atoms with Gasteiger partial charge in [0.1, 0.15) is 27.9 Å². The molecule has 6 nitrogen and oxygen atoms in total. The number of benzene rings is 9. The third-order valence-corrected chi connectivity index (χ3v) is 13.4. The van der Waals surface area contributed by atoms with Gasteiger partial charge in [-0.25, -0.2) is 0 Å². The van der Waals surface area contributed by atoms with E-state index in [-0.39, 0.29) is 33.2 Å². The zero-order valence-electron chi connectivity index (χ0n) is 36.0. The molecule has 0 saturated heterocycles. The average Bonchev–Trinajstić information content (AvgIpc) is 4.12. The number of rotatable bonds is 4. The molecule has 9 aromatic carbocycles. The molecule has 0 aliphatic rings. The maximum atomic E-state index is 17.6. The van der Waals surface area contributed by atoms with Crippen molar-refractivity contribution in [1.29, 1.82) is 10.5 Å². The third-order valence-electron chi connectivity index (χ3n) is 13.4. The van der Waals surface area contributed by atoms with Gasteiger partial charge in [-0.05, 0) is 60.7 Å². The van der Waals surface area contributed by atoms with Gasteiger partial charge in [-0.2, -0.15) is 36.9 Å². The van der Waals surface area contributed by atoms with Crippen LogP contribution in [0.3, 0.4) is 0 Å². The van der Waals surface area contributed by atoms with Gasteiger partial charge in [-0.3, -0.25) is 0 Å². The second kappa shape index (κ2) is 14.6. The number of hydrogen-bond donors (Lipinski definition) is 0. The van der Waals surface area contributed by atoms with Crippen molar-refractivity contribution < 1.29 is 35.2 Å². The summed E-state index contributed by atoms with van der Waals surface area (Å²) in [6, 6.07) is 48.7. The maximum absolute atomic E-state index is 17.6. The summed E-state index contributed by atoms with van der Waals surface area (Å²) in [7, 11) is 0. The normalized spacial score (nSPS) is 12.4. The molecule has 4 heterocycles. The fourth-order valence-electron chi connectivity index (χ4n) is 10.9. The van der Waals surface area contributed by atoms with Crippen molar-refractivity contribution in [2.45, 2.75) is 12.4 Å². The minimum atomic E-state index is -5.45.